The summed E-state index contributed by atoms with van der Waals surface area (Å²) in [4.78, 5) is 16.1. The molecule has 1 aromatic carbocycles. The van der Waals surface area contributed by atoms with Crippen molar-refractivity contribution in [3.05, 3.63) is 61.0 Å². The van der Waals surface area contributed by atoms with E-state index in [-0.39, 0.29) is 10.9 Å². The van der Waals surface area contributed by atoms with Gasteiger partial charge in [0, 0.05) is 11.9 Å². The molecule has 3 nitrogen and oxygen atoms in total. The molecule has 0 saturated carbocycles. The molecule has 1 aliphatic carbocycles. The van der Waals surface area contributed by atoms with Gasteiger partial charge in [0.15, 0.2) is 0 Å². The second-order valence-corrected chi connectivity index (χ2v) is 6.35. The van der Waals surface area contributed by atoms with Crippen LogP contribution in [0, 0.1) is 6.92 Å². The summed E-state index contributed by atoms with van der Waals surface area (Å²) in [5.41, 5.74) is 2.58. The van der Waals surface area contributed by atoms with Crippen LogP contribution in [0.3, 0.4) is 0 Å². The molecule has 21 heavy (non-hydrogen) atoms. The van der Waals surface area contributed by atoms with Crippen LogP contribution in [-0.2, 0) is 0 Å². The number of anilines is 1. The summed E-state index contributed by atoms with van der Waals surface area (Å²) in [5.74, 6) is 0. The molecule has 0 saturated heterocycles. The van der Waals surface area contributed by atoms with Gasteiger partial charge in [-0.3, -0.25) is 4.79 Å². The second kappa shape index (κ2) is 5.84. The molecule has 106 valence electrons. The van der Waals surface area contributed by atoms with Crippen LogP contribution in [-0.4, -0.2) is 10.4 Å². The highest BCUT2D eigenvalue weighted by Crippen LogP contribution is 2.09. The molecular formula is C16H13ClN2OS. The number of nitrogens with one attached hydrogen (secondary N) is 1. The smallest absolute Gasteiger partial charge is 0.289 e. The van der Waals surface area contributed by atoms with Crippen LogP contribution in [0.4, 0.5) is 5.69 Å². The van der Waals surface area contributed by atoms with Crippen LogP contribution in [0.1, 0.15) is 11.3 Å². The van der Waals surface area contributed by atoms with E-state index in [1.807, 2.05) is 43.3 Å². The summed E-state index contributed by atoms with van der Waals surface area (Å²) in [6, 6.07) is 7.96. The Morgan fingerprint density at radius 2 is 2.10 bits per heavy atom. The Labute approximate surface area is 130 Å². The maximum Gasteiger partial charge on any atom is 0.289 e. The van der Waals surface area contributed by atoms with Crippen molar-refractivity contribution in [2.45, 2.75) is 12.3 Å². The minimum absolute atomic E-state index is 0.147. The van der Waals surface area contributed by atoms with Gasteiger partial charge in [0.05, 0.1) is 15.6 Å². The molecular weight excluding hydrogens is 304 g/mol. The first-order chi connectivity index (χ1) is 10.1. The first kappa shape index (κ1) is 14.0. The Morgan fingerprint density at radius 1 is 1.33 bits per heavy atom. The van der Waals surface area contributed by atoms with E-state index in [0.29, 0.717) is 10.2 Å². The van der Waals surface area contributed by atoms with Crippen molar-refractivity contribution in [2.24, 2.45) is 0 Å². The fourth-order valence-electron chi connectivity index (χ4n) is 1.95. The summed E-state index contributed by atoms with van der Waals surface area (Å²) < 4.78 is 1.48. The lowest BCUT2D eigenvalue weighted by Crippen LogP contribution is -2.32. The van der Waals surface area contributed by atoms with Gasteiger partial charge in [-0.25, -0.2) is 4.98 Å². The van der Waals surface area contributed by atoms with Crippen LogP contribution < -0.4 is 19.9 Å². The summed E-state index contributed by atoms with van der Waals surface area (Å²) in [7, 11) is 0. The van der Waals surface area contributed by atoms with Gasteiger partial charge in [-0.05, 0) is 31.2 Å². The molecule has 0 fully saturated rings. The Morgan fingerprint density at radius 3 is 2.86 bits per heavy atom. The van der Waals surface area contributed by atoms with Crippen LogP contribution in [0.25, 0.3) is 18.4 Å². The van der Waals surface area contributed by atoms with Crippen molar-refractivity contribution >= 4 is 47.0 Å². The quantitative estimate of drug-likeness (QED) is 0.863. The Bertz CT molecular complexity index is 869. The van der Waals surface area contributed by atoms with Gasteiger partial charge in [-0.15, -0.1) is 22.9 Å². The van der Waals surface area contributed by atoms with Crippen LogP contribution in [0.5, 0.6) is 0 Å². The van der Waals surface area contributed by atoms with Gasteiger partial charge in [0.1, 0.15) is 4.53 Å². The van der Waals surface area contributed by atoms with Gasteiger partial charge < -0.3 is 5.32 Å². The molecule has 0 spiro atoms. The van der Waals surface area contributed by atoms with E-state index in [2.05, 4.69) is 10.3 Å². The fraction of sp³-hybridized carbons (Fsp3) is 0.125. The van der Waals surface area contributed by atoms with Gasteiger partial charge in [0.25, 0.3) is 5.56 Å². The lowest BCUT2D eigenvalue weighted by atomic mass is 10.2. The number of halogens is 1. The standard InChI is InChI=1S/C16H13ClN2OS/c1-10-2-5-12(6-3-10)18-9-15-16(20)19-13-7-4-11(17)8-14(13)21-15/h2-9,11,18H,1H3/b15-9+. The normalized spacial score (nSPS) is 17.2. The molecule has 1 atom stereocenters. The van der Waals surface area contributed by atoms with Crippen molar-refractivity contribution in [3.63, 3.8) is 0 Å². The number of allylic oxidation sites excluding steroid dienone is 1. The molecule has 5 heteroatoms. The molecule has 0 amide bonds. The minimum Gasteiger partial charge on any atom is -0.360 e. The van der Waals surface area contributed by atoms with E-state index < -0.39 is 0 Å². The van der Waals surface area contributed by atoms with Crippen molar-refractivity contribution in [1.82, 2.24) is 4.98 Å². The zero-order valence-electron chi connectivity index (χ0n) is 11.3. The number of nitrogens with zero attached hydrogens (tertiary/aromatic N) is 1. The highest BCUT2D eigenvalue weighted by molar-refractivity contribution is 7.07. The molecule has 0 radical (unpaired) electrons. The van der Waals surface area contributed by atoms with E-state index in [1.54, 1.807) is 12.3 Å². The first-order valence-electron chi connectivity index (χ1n) is 6.50. The maximum absolute atomic E-state index is 12.0. The Balaban J connectivity index is 1.99. The predicted molar refractivity (Wildman–Crippen MR) is 90.0 cm³/mol. The number of hydrogen-bond acceptors (Lipinski definition) is 4. The summed E-state index contributed by atoms with van der Waals surface area (Å²) in [6.45, 7) is 2.03. The number of rotatable bonds is 2. The molecule has 0 bridgehead atoms. The highest BCUT2D eigenvalue weighted by atomic mass is 35.5. The van der Waals surface area contributed by atoms with Crippen molar-refractivity contribution in [3.8, 4) is 0 Å². The van der Waals surface area contributed by atoms with Crippen LogP contribution >= 0.6 is 22.9 Å². The van der Waals surface area contributed by atoms with Gasteiger partial charge in [-0.1, -0.05) is 23.8 Å². The van der Waals surface area contributed by atoms with Gasteiger partial charge in [0.2, 0.25) is 0 Å². The summed E-state index contributed by atoms with van der Waals surface area (Å²) >= 11 is 7.45. The van der Waals surface area contributed by atoms with E-state index in [9.17, 15) is 4.79 Å². The topological polar surface area (TPSA) is 42.0 Å². The van der Waals surface area contributed by atoms with Crippen LogP contribution in [0.15, 0.2) is 35.1 Å². The number of fused-ring (bicyclic) bond motifs is 1. The van der Waals surface area contributed by atoms with Gasteiger partial charge in [-0.2, -0.15) is 0 Å². The largest absolute Gasteiger partial charge is 0.360 e. The summed E-state index contributed by atoms with van der Waals surface area (Å²) in [5, 5.41) is 2.98. The number of alkyl halides is 1. The van der Waals surface area contributed by atoms with Crippen molar-refractivity contribution in [1.29, 1.82) is 0 Å². The molecule has 2 aromatic rings. The average Bonchev–Trinajstić information content (AvgIpc) is 2.47. The summed E-state index contributed by atoms with van der Waals surface area (Å²) in [6.07, 6.45) is 7.20. The first-order valence-corrected chi connectivity index (χ1v) is 7.76. The molecule has 1 heterocycles. The third-order valence-electron chi connectivity index (χ3n) is 3.08. The van der Waals surface area contributed by atoms with E-state index >= 15 is 0 Å². The number of hydrogen-bond donors (Lipinski definition) is 1. The Hall–Kier alpha value is -1.91. The predicted octanol–water partition coefficient (Wildman–Crippen LogP) is 2.08. The molecule has 1 N–H and O–H groups in total. The highest BCUT2D eigenvalue weighted by Gasteiger charge is 2.06. The fourth-order valence-corrected chi connectivity index (χ4v) is 3.14. The van der Waals surface area contributed by atoms with Gasteiger partial charge >= 0.3 is 0 Å². The molecule has 0 aliphatic heterocycles. The zero-order chi connectivity index (χ0) is 14.8. The third-order valence-corrected chi connectivity index (χ3v) is 4.42. The third kappa shape index (κ3) is 3.23. The molecule has 1 aromatic heterocycles. The second-order valence-electron chi connectivity index (χ2n) is 4.76. The van der Waals surface area contributed by atoms with E-state index in [4.69, 9.17) is 11.6 Å². The number of aryl methyl sites for hydroxylation is 1. The molecule has 1 aliphatic rings. The molecule has 1 unspecified atom stereocenters. The minimum atomic E-state index is -0.232. The van der Waals surface area contributed by atoms with Crippen molar-refractivity contribution in [2.75, 3.05) is 5.32 Å². The maximum atomic E-state index is 12.0. The number of aromatic nitrogens is 1. The molecule has 3 rings (SSSR count). The monoisotopic (exact) mass is 316 g/mol. The number of benzene rings is 1. The van der Waals surface area contributed by atoms with Crippen molar-refractivity contribution < 1.29 is 0 Å². The SMILES string of the molecule is Cc1ccc(N/C=c2/sc3c(nc2=O)C=CC(Cl)C=3)cc1. The zero-order valence-corrected chi connectivity index (χ0v) is 12.9. The van der Waals surface area contributed by atoms with Crippen LogP contribution in [0.2, 0.25) is 0 Å². The van der Waals surface area contributed by atoms with E-state index in [0.717, 1.165) is 10.2 Å². The lowest BCUT2D eigenvalue weighted by Gasteiger charge is -2.04. The average molecular weight is 317 g/mol. The lowest BCUT2D eigenvalue weighted by molar-refractivity contribution is 1.20. The van der Waals surface area contributed by atoms with E-state index in [1.165, 1.54) is 16.9 Å². The Kier molecular flexibility index (Phi) is 3.90.